The average Bonchev–Trinajstić information content (AvgIpc) is 3.04. The van der Waals surface area contributed by atoms with E-state index in [9.17, 15) is 4.79 Å². The van der Waals surface area contributed by atoms with Gasteiger partial charge in [0.1, 0.15) is 0 Å². The van der Waals surface area contributed by atoms with E-state index in [-0.39, 0.29) is 24.0 Å². The molecule has 1 fully saturated rings. The molecule has 1 heterocycles. The van der Waals surface area contributed by atoms with Gasteiger partial charge in [-0.2, -0.15) is 0 Å². The van der Waals surface area contributed by atoms with Crippen LogP contribution in [0, 0.1) is 5.92 Å². The Morgan fingerprint density at radius 1 is 1.42 bits per heavy atom. The maximum atomic E-state index is 11.1. The molecule has 1 aromatic rings. The molecule has 24 heavy (non-hydrogen) atoms. The molecular weight excluding hydrogens is 419 g/mol. The van der Waals surface area contributed by atoms with Gasteiger partial charge in [0.15, 0.2) is 5.96 Å². The standard InChI is InChI=1S/C17H26N4O2.HI/c1-3-19-17(21(2)11-14-8-9-23-12-14)20-10-13-4-6-15(7-5-13)16(18)22;/h4-7,14H,3,8-12H2,1-2H3,(H2,18,22)(H,19,20);1H. The van der Waals surface area contributed by atoms with Gasteiger partial charge in [0.25, 0.3) is 0 Å². The topological polar surface area (TPSA) is 79.9 Å². The second-order valence-corrected chi connectivity index (χ2v) is 5.84. The number of hydrogen-bond acceptors (Lipinski definition) is 3. The van der Waals surface area contributed by atoms with E-state index >= 15 is 0 Å². The van der Waals surface area contributed by atoms with Crippen molar-refractivity contribution in [1.29, 1.82) is 0 Å². The molecule has 1 aliphatic rings. The number of nitrogens with two attached hydrogens (primary N) is 1. The predicted octanol–water partition coefficient (Wildman–Crippen LogP) is 1.84. The lowest BCUT2D eigenvalue weighted by Gasteiger charge is -2.24. The van der Waals surface area contributed by atoms with E-state index in [1.165, 1.54) is 0 Å². The molecule has 0 aliphatic carbocycles. The smallest absolute Gasteiger partial charge is 0.248 e. The second kappa shape index (κ2) is 10.5. The van der Waals surface area contributed by atoms with Crippen molar-refractivity contribution in [1.82, 2.24) is 10.2 Å². The third-order valence-corrected chi connectivity index (χ3v) is 3.90. The zero-order chi connectivity index (χ0) is 16.7. The molecule has 1 aliphatic heterocycles. The fraction of sp³-hybridized carbons (Fsp3) is 0.529. The van der Waals surface area contributed by atoms with E-state index in [1.54, 1.807) is 12.1 Å². The summed E-state index contributed by atoms with van der Waals surface area (Å²) in [5.41, 5.74) is 6.81. The number of aliphatic imine (C=N–C) groups is 1. The van der Waals surface area contributed by atoms with E-state index in [4.69, 9.17) is 10.5 Å². The Kier molecular flexibility index (Phi) is 9.05. The van der Waals surface area contributed by atoms with Crippen LogP contribution in [0.1, 0.15) is 29.3 Å². The van der Waals surface area contributed by atoms with Crippen LogP contribution in [0.3, 0.4) is 0 Å². The molecule has 0 bridgehead atoms. The van der Waals surface area contributed by atoms with Gasteiger partial charge in [-0.1, -0.05) is 12.1 Å². The van der Waals surface area contributed by atoms with Crippen LogP contribution in [0.15, 0.2) is 29.3 Å². The molecule has 1 aromatic carbocycles. The van der Waals surface area contributed by atoms with Gasteiger partial charge in [-0.05, 0) is 31.0 Å². The minimum absolute atomic E-state index is 0. The zero-order valence-corrected chi connectivity index (χ0v) is 16.7. The number of carbonyl (C=O) groups excluding carboxylic acids is 1. The number of primary amides is 1. The van der Waals surface area contributed by atoms with E-state index < -0.39 is 5.91 Å². The van der Waals surface area contributed by atoms with Crippen molar-refractivity contribution in [3.8, 4) is 0 Å². The molecule has 0 radical (unpaired) electrons. The summed E-state index contributed by atoms with van der Waals surface area (Å²) >= 11 is 0. The first-order valence-corrected chi connectivity index (χ1v) is 8.06. The maximum Gasteiger partial charge on any atom is 0.248 e. The Morgan fingerprint density at radius 2 is 2.12 bits per heavy atom. The normalized spacial score (nSPS) is 17.2. The van der Waals surface area contributed by atoms with E-state index in [2.05, 4.69) is 29.2 Å². The Hall–Kier alpha value is -1.35. The number of nitrogens with zero attached hydrogens (tertiary/aromatic N) is 2. The van der Waals surface area contributed by atoms with Gasteiger partial charge < -0.3 is 20.7 Å². The van der Waals surface area contributed by atoms with Crippen molar-refractivity contribution >= 4 is 35.8 Å². The highest BCUT2D eigenvalue weighted by Crippen LogP contribution is 2.13. The lowest BCUT2D eigenvalue weighted by molar-refractivity contribution is 0.100. The molecule has 1 unspecified atom stereocenters. The summed E-state index contributed by atoms with van der Waals surface area (Å²) < 4.78 is 5.43. The van der Waals surface area contributed by atoms with Gasteiger partial charge >= 0.3 is 0 Å². The average molecular weight is 446 g/mol. The summed E-state index contributed by atoms with van der Waals surface area (Å²) in [6.45, 7) is 6.07. The highest BCUT2D eigenvalue weighted by atomic mass is 127. The van der Waals surface area contributed by atoms with Gasteiger partial charge in [-0.15, -0.1) is 24.0 Å². The third-order valence-electron chi connectivity index (χ3n) is 3.90. The molecule has 134 valence electrons. The molecule has 3 N–H and O–H groups in total. The predicted molar refractivity (Wildman–Crippen MR) is 107 cm³/mol. The van der Waals surface area contributed by atoms with Crippen molar-refractivity contribution in [2.75, 3.05) is 33.4 Å². The number of carbonyl (C=O) groups is 1. The number of rotatable bonds is 6. The lowest BCUT2D eigenvalue weighted by Crippen LogP contribution is -2.41. The van der Waals surface area contributed by atoms with Gasteiger partial charge in [-0.25, -0.2) is 4.99 Å². The molecular formula is C17H27IN4O2. The third kappa shape index (κ3) is 6.27. The molecule has 2 rings (SSSR count). The molecule has 0 spiro atoms. The van der Waals surface area contributed by atoms with Crippen molar-refractivity contribution in [2.24, 2.45) is 16.6 Å². The summed E-state index contributed by atoms with van der Waals surface area (Å²) in [4.78, 5) is 17.9. The molecule has 0 saturated carbocycles. The maximum absolute atomic E-state index is 11.1. The first-order valence-electron chi connectivity index (χ1n) is 8.06. The summed E-state index contributed by atoms with van der Waals surface area (Å²) in [6, 6.07) is 7.25. The number of amides is 1. The van der Waals surface area contributed by atoms with Crippen LogP contribution in [0.25, 0.3) is 0 Å². The molecule has 6 nitrogen and oxygen atoms in total. The number of nitrogens with one attached hydrogen (secondary N) is 1. The number of guanidine groups is 1. The SMILES string of the molecule is CCNC(=NCc1ccc(C(N)=O)cc1)N(C)CC1CCOC1.I. The van der Waals surface area contributed by atoms with E-state index in [0.717, 1.165) is 44.2 Å². The van der Waals surface area contributed by atoms with Crippen LogP contribution < -0.4 is 11.1 Å². The van der Waals surface area contributed by atoms with E-state index in [0.29, 0.717) is 18.0 Å². The lowest BCUT2D eigenvalue weighted by atomic mass is 10.1. The summed E-state index contributed by atoms with van der Waals surface area (Å²) in [6.07, 6.45) is 1.11. The fourth-order valence-corrected chi connectivity index (χ4v) is 2.61. The van der Waals surface area contributed by atoms with Crippen molar-refractivity contribution < 1.29 is 9.53 Å². The van der Waals surface area contributed by atoms with Crippen molar-refractivity contribution in [2.45, 2.75) is 19.9 Å². The minimum atomic E-state index is -0.410. The number of benzene rings is 1. The molecule has 1 atom stereocenters. The fourth-order valence-electron chi connectivity index (χ4n) is 2.61. The van der Waals surface area contributed by atoms with Crippen LogP contribution in [0.4, 0.5) is 0 Å². The highest BCUT2D eigenvalue weighted by Gasteiger charge is 2.18. The highest BCUT2D eigenvalue weighted by molar-refractivity contribution is 14.0. The summed E-state index contributed by atoms with van der Waals surface area (Å²) in [5, 5.41) is 3.32. The van der Waals surface area contributed by atoms with Gasteiger partial charge in [-0.3, -0.25) is 4.79 Å². The van der Waals surface area contributed by atoms with Crippen LogP contribution >= 0.6 is 24.0 Å². The van der Waals surface area contributed by atoms with E-state index in [1.807, 2.05) is 12.1 Å². The van der Waals surface area contributed by atoms with Crippen LogP contribution in [0.2, 0.25) is 0 Å². The number of halogens is 1. The minimum Gasteiger partial charge on any atom is -0.381 e. The first kappa shape index (κ1) is 20.7. The first-order chi connectivity index (χ1) is 11.1. The Balaban J connectivity index is 0.00000288. The summed E-state index contributed by atoms with van der Waals surface area (Å²) in [7, 11) is 2.05. The van der Waals surface area contributed by atoms with Gasteiger partial charge in [0, 0.05) is 38.2 Å². The quantitative estimate of drug-likeness (QED) is 0.397. The molecule has 7 heteroatoms. The van der Waals surface area contributed by atoms with Crippen LogP contribution in [-0.4, -0.2) is 50.1 Å². The van der Waals surface area contributed by atoms with Gasteiger partial charge in [0.2, 0.25) is 5.91 Å². The number of ether oxygens (including phenoxy) is 1. The monoisotopic (exact) mass is 446 g/mol. The molecule has 0 aromatic heterocycles. The Morgan fingerprint density at radius 3 is 2.67 bits per heavy atom. The Labute approximate surface area is 160 Å². The Bertz CT molecular complexity index is 542. The second-order valence-electron chi connectivity index (χ2n) is 5.84. The number of hydrogen-bond donors (Lipinski definition) is 2. The largest absolute Gasteiger partial charge is 0.381 e. The molecule has 1 amide bonds. The van der Waals surface area contributed by atoms with Crippen molar-refractivity contribution in [3.05, 3.63) is 35.4 Å². The van der Waals surface area contributed by atoms with Crippen LogP contribution in [0.5, 0.6) is 0 Å². The van der Waals surface area contributed by atoms with Gasteiger partial charge in [0.05, 0.1) is 13.2 Å². The zero-order valence-electron chi connectivity index (χ0n) is 14.3. The van der Waals surface area contributed by atoms with Crippen LogP contribution in [-0.2, 0) is 11.3 Å². The van der Waals surface area contributed by atoms with Crippen molar-refractivity contribution in [3.63, 3.8) is 0 Å². The summed E-state index contributed by atoms with van der Waals surface area (Å²) in [5.74, 6) is 1.05. The molecule has 1 saturated heterocycles.